The van der Waals surface area contributed by atoms with Crippen LogP contribution in [0.2, 0.25) is 0 Å². The maximum Gasteiger partial charge on any atom is 0.318 e. The van der Waals surface area contributed by atoms with E-state index >= 15 is 0 Å². The third-order valence-corrected chi connectivity index (χ3v) is 5.26. The van der Waals surface area contributed by atoms with Gasteiger partial charge in [-0.15, -0.1) is 5.10 Å². The van der Waals surface area contributed by atoms with Gasteiger partial charge in [0, 0.05) is 50.9 Å². The first kappa shape index (κ1) is 19.1. The average molecular weight is 391 g/mol. The van der Waals surface area contributed by atoms with Gasteiger partial charge < -0.3 is 14.2 Å². The van der Waals surface area contributed by atoms with Gasteiger partial charge in [0.25, 0.3) is 0 Å². The molecule has 0 N–H and O–H groups in total. The second-order valence-electron chi connectivity index (χ2n) is 7.13. The maximum absolute atomic E-state index is 13.4. The van der Waals surface area contributed by atoms with E-state index < -0.39 is 0 Å². The number of hydrogen-bond donors (Lipinski definition) is 0. The molecule has 150 valence electrons. The van der Waals surface area contributed by atoms with E-state index in [1.165, 1.54) is 0 Å². The summed E-state index contributed by atoms with van der Waals surface area (Å²) in [5.74, 6) is 0.534. The predicted molar refractivity (Wildman–Crippen MR) is 110 cm³/mol. The average Bonchev–Trinajstić information content (AvgIpc) is 3.28. The van der Waals surface area contributed by atoms with Crippen molar-refractivity contribution < 1.29 is 9.21 Å². The van der Waals surface area contributed by atoms with Crippen LogP contribution in [0.15, 0.2) is 59.1 Å². The third kappa shape index (κ3) is 4.45. The van der Waals surface area contributed by atoms with Crippen molar-refractivity contribution in [2.24, 2.45) is 0 Å². The van der Waals surface area contributed by atoms with Crippen molar-refractivity contribution in [2.45, 2.75) is 25.7 Å². The molecule has 0 radical (unpaired) electrons. The summed E-state index contributed by atoms with van der Waals surface area (Å²) in [6, 6.07) is 16.3. The van der Waals surface area contributed by atoms with Gasteiger partial charge in [-0.1, -0.05) is 48.4 Å². The Hall–Kier alpha value is -3.22. The van der Waals surface area contributed by atoms with E-state index in [1.807, 2.05) is 65.3 Å². The first-order chi connectivity index (χ1) is 14.2. The van der Waals surface area contributed by atoms with Crippen molar-refractivity contribution in [3.63, 3.8) is 0 Å². The summed E-state index contributed by atoms with van der Waals surface area (Å²) in [7, 11) is 0. The highest BCUT2D eigenvalue weighted by molar-refractivity contribution is 5.84. The van der Waals surface area contributed by atoms with Crippen LogP contribution in [0.3, 0.4) is 0 Å². The minimum Gasteiger partial charge on any atom is -0.408 e. The minimum atomic E-state index is -0.243. The van der Waals surface area contributed by atoms with Crippen molar-refractivity contribution in [2.75, 3.05) is 31.1 Å². The van der Waals surface area contributed by atoms with E-state index in [9.17, 15) is 4.79 Å². The Morgan fingerprint density at radius 2 is 1.79 bits per heavy atom. The Bertz CT molecular complexity index is 921. The van der Waals surface area contributed by atoms with Crippen LogP contribution in [-0.2, 0) is 17.6 Å². The molecule has 1 aliphatic heterocycles. The van der Waals surface area contributed by atoms with E-state index in [1.54, 1.807) is 6.20 Å². The van der Waals surface area contributed by atoms with Gasteiger partial charge in [0.05, 0.1) is 5.92 Å². The SMILES string of the molecule is CCc1nnc(N2CCN(C(=O)C(Cc3ccccn3)c3ccccc3)CC2)o1. The number of hydrogen-bond acceptors (Lipinski definition) is 6. The number of anilines is 1. The molecule has 29 heavy (non-hydrogen) atoms. The molecule has 1 unspecified atom stereocenters. The van der Waals surface area contributed by atoms with Crippen LogP contribution in [-0.4, -0.2) is 52.2 Å². The summed E-state index contributed by atoms with van der Waals surface area (Å²) >= 11 is 0. The second-order valence-corrected chi connectivity index (χ2v) is 7.13. The molecule has 2 aromatic heterocycles. The molecule has 7 heteroatoms. The van der Waals surface area contributed by atoms with Gasteiger partial charge in [-0.25, -0.2) is 0 Å². The normalized spacial score (nSPS) is 15.3. The molecule has 0 aliphatic carbocycles. The number of carbonyl (C=O) groups is 1. The molecular formula is C22H25N5O2. The van der Waals surface area contributed by atoms with Crippen molar-refractivity contribution in [1.29, 1.82) is 0 Å². The smallest absolute Gasteiger partial charge is 0.318 e. The predicted octanol–water partition coefficient (Wildman–Crippen LogP) is 2.70. The van der Waals surface area contributed by atoms with Crippen molar-refractivity contribution in [3.8, 4) is 0 Å². The van der Waals surface area contributed by atoms with Gasteiger partial charge in [0.15, 0.2) is 0 Å². The van der Waals surface area contributed by atoms with Crippen LogP contribution in [0.1, 0.15) is 30.0 Å². The molecule has 0 spiro atoms. The van der Waals surface area contributed by atoms with Crippen LogP contribution in [0.25, 0.3) is 0 Å². The molecule has 3 heterocycles. The topological polar surface area (TPSA) is 75.4 Å². The number of carbonyl (C=O) groups excluding carboxylic acids is 1. The molecule has 1 saturated heterocycles. The van der Waals surface area contributed by atoms with E-state index in [0.717, 1.165) is 17.7 Å². The van der Waals surface area contributed by atoms with E-state index in [4.69, 9.17) is 4.42 Å². The Balaban J connectivity index is 1.46. The van der Waals surface area contributed by atoms with E-state index in [-0.39, 0.29) is 11.8 Å². The van der Waals surface area contributed by atoms with Gasteiger partial charge in [0.1, 0.15) is 0 Å². The van der Waals surface area contributed by atoms with Crippen LogP contribution in [0.4, 0.5) is 6.01 Å². The third-order valence-electron chi connectivity index (χ3n) is 5.26. The number of nitrogens with zero attached hydrogens (tertiary/aromatic N) is 5. The summed E-state index contributed by atoms with van der Waals surface area (Å²) in [5.41, 5.74) is 1.95. The maximum atomic E-state index is 13.4. The lowest BCUT2D eigenvalue weighted by atomic mass is 9.92. The zero-order valence-electron chi connectivity index (χ0n) is 16.6. The highest BCUT2D eigenvalue weighted by atomic mass is 16.4. The molecule has 0 bridgehead atoms. The lowest BCUT2D eigenvalue weighted by molar-refractivity contribution is -0.133. The van der Waals surface area contributed by atoms with Crippen LogP contribution in [0, 0.1) is 0 Å². The summed E-state index contributed by atoms with van der Waals surface area (Å²) < 4.78 is 5.66. The lowest BCUT2D eigenvalue weighted by Gasteiger charge is -2.35. The second kappa shape index (κ2) is 8.86. The first-order valence-electron chi connectivity index (χ1n) is 10.1. The highest BCUT2D eigenvalue weighted by Crippen LogP contribution is 2.24. The van der Waals surface area contributed by atoms with Crippen LogP contribution >= 0.6 is 0 Å². The summed E-state index contributed by atoms with van der Waals surface area (Å²) in [5, 5.41) is 8.15. The minimum absolute atomic E-state index is 0.140. The summed E-state index contributed by atoms with van der Waals surface area (Å²) in [6.07, 6.45) is 3.08. The molecular weight excluding hydrogens is 366 g/mol. The molecule has 4 rings (SSSR count). The van der Waals surface area contributed by atoms with E-state index in [2.05, 4.69) is 15.2 Å². The Morgan fingerprint density at radius 1 is 1.03 bits per heavy atom. The number of aryl methyl sites for hydroxylation is 1. The van der Waals surface area contributed by atoms with Gasteiger partial charge in [0.2, 0.25) is 11.8 Å². The number of aromatic nitrogens is 3. The number of pyridine rings is 1. The Morgan fingerprint density at radius 3 is 2.45 bits per heavy atom. The summed E-state index contributed by atoms with van der Waals surface area (Å²) in [4.78, 5) is 21.8. The lowest BCUT2D eigenvalue weighted by Crippen LogP contribution is -2.50. The number of benzene rings is 1. The van der Waals surface area contributed by atoms with E-state index in [0.29, 0.717) is 44.5 Å². The molecule has 1 amide bonds. The quantitative estimate of drug-likeness (QED) is 0.643. The largest absolute Gasteiger partial charge is 0.408 e. The van der Waals surface area contributed by atoms with Gasteiger partial charge in [-0.2, -0.15) is 0 Å². The van der Waals surface area contributed by atoms with Gasteiger partial charge >= 0.3 is 6.01 Å². The molecule has 0 saturated carbocycles. The van der Waals surface area contributed by atoms with Gasteiger partial charge in [-0.05, 0) is 17.7 Å². The van der Waals surface area contributed by atoms with Gasteiger partial charge in [-0.3, -0.25) is 9.78 Å². The fourth-order valence-corrected chi connectivity index (χ4v) is 3.62. The van der Waals surface area contributed by atoms with Crippen molar-refractivity contribution in [1.82, 2.24) is 20.1 Å². The molecule has 1 aliphatic rings. The molecule has 1 fully saturated rings. The van der Waals surface area contributed by atoms with Crippen molar-refractivity contribution in [3.05, 3.63) is 71.9 Å². The van der Waals surface area contributed by atoms with Crippen molar-refractivity contribution >= 4 is 11.9 Å². The standard InChI is InChI=1S/C22H25N5O2/c1-2-20-24-25-22(29-20)27-14-12-26(13-15-27)21(28)19(17-8-4-3-5-9-17)16-18-10-6-7-11-23-18/h3-11,19H,2,12-16H2,1H3. The van der Waals surface area contributed by atoms with Crippen LogP contribution < -0.4 is 4.90 Å². The monoisotopic (exact) mass is 391 g/mol. The number of piperazine rings is 1. The first-order valence-corrected chi connectivity index (χ1v) is 10.1. The fraction of sp³-hybridized carbons (Fsp3) is 0.364. The summed E-state index contributed by atoms with van der Waals surface area (Å²) in [6.45, 7) is 4.62. The number of rotatable bonds is 6. The highest BCUT2D eigenvalue weighted by Gasteiger charge is 2.30. The Labute approximate surface area is 170 Å². The molecule has 1 aromatic carbocycles. The Kier molecular flexibility index (Phi) is 5.84. The molecule has 1 atom stereocenters. The number of amides is 1. The fourth-order valence-electron chi connectivity index (χ4n) is 3.62. The zero-order valence-corrected chi connectivity index (χ0v) is 16.6. The molecule has 7 nitrogen and oxygen atoms in total. The van der Waals surface area contributed by atoms with Crippen LogP contribution in [0.5, 0.6) is 0 Å². The zero-order chi connectivity index (χ0) is 20.1. The molecule has 3 aromatic rings.